The van der Waals surface area contributed by atoms with Crippen LogP contribution in [0.4, 0.5) is 0 Å². The molecule has 0 fully saturated rings. The highest BCUT2D eigenvalue weighted by Crippen LogP contribution is 2.32. The van der Waals surface area contributed by atoms with Gasteiger partial charge in [0.2, 0.25) is 0 Å². The molecule has 0 radical (unpaired) electrons. The fourth-order valence-electron chi connectivity index (χ4n) is 2.27. The molecule has 3 aromatic rings. The number of aryl methyl sites for hydroxylation is 2. The van der Waals surface area contributed by atoms with Gasteiger partial charge in [-0.3, -0.25) is 4.40 Å². The van der Waals surface area contributed by atoms with E-state index in [1.807, 2.05) is 0 Å². The zero-order valence-electron chi connectivity index (χ0n) is 10.8. The molecule has 0 aliphatic heterocycles. The molecule has 0 bridgehead atoms. The fourth-order valence-corrected chi connectivity index (χ4v) is 3.26. The number of hydrogen-bond acceptors (Lipinski definition) is 3. The molecule has 0 amide bonds. The molecule has 0 aliphatic carbocycles. The number of nitriles is 1. The second-order valence-electron chi connectivity index (χ2n) is 4.58. The van der Waals surface area contributed by atoms with Crippen molar-refractivity contribution in [1.82, 2.24) is 9.38 Å². The van der Waals surface area contributed by atoms with Gasteiger partial charge in [-0.1, -0.05) is 29.8 Å². The van der Waals surface area contributed by atoms with E-state index in [4.69, 9.17) is 5.26 Å². The first kappa shape index (κ1) is 11.9. The van der Waals surface area contributed by atoms with Gasteiger partial charge in [-0.05, 0) is 19.4 Å². The van der Waals surface area contributed by atoms with E-state index in [9.17, 15) is 0 Å². The monoisotopic (exact) mass is 267 g/mol. The van der Waals surface area contributed by atoms with Crippen LogP contribution in [0.2, 0.25) is 0 Å². The van der Waals surface area contributed by atoms with Gasteiger partial charge in [0.25, 0.3) is 0 Å². The summed E-state index contributed by atoms with van der Waals surface area (Å²) < 4.78 is 2.11. The van der Waals surface area contributed by atoms with Crippen molar-refractivity contribution in [2.75, 3.05) is 0 Å². The minimum absolute atomic E-state index is 0.385. The van der Waals surface area contributed by atoms with Gasteiger partial charge in [0.15, 0.2) is 4.96 Å². The maximum absolute atomic E-state index is 8.91. The maximum atomic E-state index is 8.91. The SMILES string of the molecule is Cc1ccc(-c2c(C)sc3ncc(CC#N)n23)cc1. The third-order valence-electron chi connectivity index (χ3n) is 3.19. The van der Waals surface area contributed by atoms with Crippen molar-refractivity contribution in [3.05, 3.63) is 46.6 Å². The highest BCUT2D eigenvalue weighted by molar-refractivity contribution is 7.17. The van der Waals surface area contributed by atoms with E-state index in [-0.39, 0.29) is 0 Å². The average Bonchev–Trinajstić information content (AvgIpc) is 2.91. The molecule has 0 atom stereocenters. The minimum Gasteiger partial charge on any atom is -0.286 e. The summed E-state index contributed by atoms with van der Waals surface area (Å²) in [5, 5.41) is 8.91. The Bertz CT molecular complexity index is 772. The second-order valence-corrected chi connectivity index (χ2v) is 5.76. The van der Waals surface area contributed by atoms with Crippen LogP contribution in [0, 0.1) is 25.2 Å². The molecule has 4 heteroatoms. The molecule has 0 aliphatic rings. The first-order valence-electron chi connectivity index (χ1n) is 6.10. The van der Waals surface area contributed by atoms with Crippen molar-refractivity contribution < 1.29 is 0 Å². The molecule has 0 unspecified atom stereocenters. The van der Waals surface area contributed by atoms with Crippen LogP contribution < -0.4 is 0 Å². The van der Waals surface area contributed by atoms with E-state index < -0.39 is 0 Å². The van der Waals surface area contributed by atoms with Crippen LogP contribution >= 0.6 is 11.3 Å². The number of rotatable bonds is 2. The Kier molecular flexibility index (Phi) is 2.84. The Balaban J connectivity index is 2.27. The molecule has 1 aromatic carbocycles. The van der Waals surface area contributed by atoms with Gasteiger partial charge in [-0.25, -0.2) is 4.98 Å². The Hall–Kier alpha value is -2.12. The van der Waals surface area contributed by atoms with E-state index in [1.165, 1.54) is 16.0 Å². The molecule has 0 spiro atoms. The molecule has 2 aromatic heterocycles. The zero-order valence-corrected chi connectivity index (χ0v) is 11.7. The van der Waals surface area contributed by atoms with Crippen molar-refractivity contribution >= 4 is 16.3 Å². The largest absolute Gasteiger partial charge is 0.286 e. The quantitative estimate of drug-likeness (QED) is 0.709. The van der Waals surface area contributed by atoms with Crippen LogP contribution in [0.3, 0.4) is 0 Å². The molecular weight excluding hydrogens is 254 g/mol. The summed E-state index contributed by atoms with van der Waals surface area (Å²) in [6, 6.07) is 10.7. The van der Waals surface area contributed by atoms with Gasteiger partial charge in [-0.2, -0.15) is 5.26 Å². The smallest absolute Gasteiger partial charge is 0.194 e. The first-order chi connectivity index (χ1) is 9.20. The summed E-state index contributed by atoms with van der Waals surface area (Å²) in [7, 11) is 0. The standard InChI is InChI=1S/C15H13N3S/c1-10-3-5-12(6-4-10)14-11(2)19-15-17-9-13(7-8-16)18(14)15/h3-6,9H,7H2,1-2H3. The molecule has 0 N–H and O–H groups in total. The molecule has 0 saturated heterocycles. The summed E-state index contributed by atoms with van der Waals surface area (Å²) in [4.78, 5) is 6.58. The summed E-state index contributed by atoms with van der Waals surface area (Å²) in [5.41, 5.74) is 4.53. The Morgan fingerprint density at radius 1 is 1.26 bits per heavy atom. The van der Waals surface area contributed by atoms with Crippen LogP contribution in [0.5, 0.6) is 0 Å². The van der Waals surface area contributed by atoms with Crippen molar-refractivity contribution in [3.8, 4) is 17.3 Å². The Morgan fingerprint density at radius 3 is 2.68 bits per heavy atom. The summed E-state index contributed by atoms with van der Waals surface area (Å²) in [6.45, 7) is 4.18. The molecule has 19 heavy (non-hydrogen) atoms. The number of aromatic nitrogens is 2. The van der Waals surface area contributed by atoms with Crippen LogP contribution in [0.15, 0.2) is 30.5 Å². The summed E-state index contributed by atoms with van der Waals surface area (Å²) in [6.07, 6.45) is 2.18. The molecule has 3 rings (SSSR count). The van der Waals surface area contributed by atoms with Gasteiger partial charge in [0, 0.05) is 4.88 Å². The van der Waals surface area contributed by atoms with E-state index in [1.54, 1.807) is 17.5 Å². The minimum atomic E-state index is 0.385. The van der Waals surface area contributed by atoms with Crippen LogP contribution in [-0.4, -0.2) is 9.38 Å². The van der Waals surface area contributed by atoms with Gasteiger partial charge in [0.1, 0.15) is 0 Å². The maximum Gasteiger partial charge on any atom is 0.194 e. The van der Waals surface area contributed by atoms with Gasteiger partial charge >= 0.3 is 0 Å². The van der Waals surface area contributed by atoms with E-state index in [2.05, 4.69) is 53.6 Å². The molecule has 2 heterocycles. The molecule has 0 saturated carbocycles. The highest BCUT2D eigenvalue weighted by atomic mass is 32.1. The lowest BCUT2D eigenvalue weighted by Crippen LogP contribution is -1.93. The third kappa shape index (κ3) is 1.92. The van der Waals surface area contributed by atoms with Gasteiger partial charge in [-0.15, -0.1) is 11.3 Å². The van der Waals surface area contributed by atoms with Crippen molar-refractivity contribution in [1.29, 1.82) is 5.26 Å². The van der Waals surface area contributed by atoms with E-state index in [0.29, 0.717) is 6.42 Å². The second kappa shape index (κ2) is 4.52. The summed E-state index contributed by atoms with van der Waals surface area (Å²) in [5.74, 6) is 0. The topological polar surface area (TPSA) is 41.1 Å². The Morgan fingerprint density at radius 2 is 2.00 bits per heavy atom. The normalized spacial score (nSPS) is 10.8. The first-order valence-corrected chi connectivity index (χ1v) is 6.92. The predicted octanol–water partition coefficient (Wildman–Crippen LogP) is 3.75. The molecular formula is C15H13N3S. The average molecular weight is 267 g/mol. The Labute approximate surface area is 115 Å². The lowest BCUT2D eigenvalue weighted by molar-refractivity contribution is 1.07. The van der Waals surface area contributed by atoms with Crippen LogP contribution in [-0.2, 0) is 6.42 Å². The van der Waals surface area contributed by atoms with Crippen molar-refractivity contribution in [2.24, 2.45) is 0 Å². The van der Waals surface area contributed by atoms with Crippen molar-refractivity contribution in [2.45, 2.75) is 20.3 Å². The van der Waals surface area contributed by atoms with Crippen LogP contribution in [0.25, 0.3) is 16.2 Å². The molecule has 3 nitrogen and oxygen atoms in total. The predicted molar refractivity (Wildman–Crippen MR) is 77.3 cm³/mol. The number of nitrogens with zero attached hydrogens (tertiary/aromatic N) is 3. The lowest BCUT2D eigenvalue weighted by Gasteiger charge is -2.04. The number of fused-ring (bicyclic) bond motifs is 1. The number of hydrogen-bond donors (Lipinski definition) is 0. The summed E-state index contributed by atoms with van der Waals surface area (Å²) >= 11 is 1.67. The number of thiazole rings is 1. The molecule has 94 valence electrons. The van der Waals surface area contributed by atoms with Crippen LogP contribution in [0.1, 0.15) is 16.1 Å². The number of benzene rings is 1. The van der Waals surface area contributed by atoms with Gasteiger partial charge < -0.3 is 0 Å². The fraction of sp³-hybridized carbons (Fsp3) is 0.200. The number of imidazole rings is 1. The van der Waals surface area contributed by atoms with Crippen molar-refractivity contribution in [3.63, 3.8) is 0 Å². The lowest BCUT2D eigenvalue weighted by atomic mass is 10.1. The van der Waals surface area contributed by atoms with E-state index in [0.717, 1.165) is 16.3 Å². The van der Waals surface area contributed by atoms with Gasteiger partial charge in [0.05, 0.1) is 30.1 Å². The zero-order chi connectivity index (χ0) is 13.4. The third-order valence-corrected chi connectivity index (χ3v) is 4.16. The van der Waals surface area contributed by atoms with E-state index >= 15 is 0 Å². The highest BCUT2D eigenvalue weighted by Gasteiger charge is 2.15.